The number of ketones is 1. The summed E-state index contributed by atoms with van der Waals surface area (Å²) in [5, 5.41) is 10.7. The number of carbonyl (C=O) groups is 1. The molecule has 5 heteroatoms. The van der Waals surface area contributed by atoms with Gasteiger partial charge in [-0.2, -0.15) is 4.57 Å². The summed E-state index contributed by atoms with van der Waals surface area (Å²) >= 11 is 0. The molecule has 0 N–H and O–H groups in total. The van der Waals surface area contributed by atoms with Crippen LogP contribution in [0.3, 0.4) is 0 Å². The van der Waals surface area contributed by atoms with Gasteiger partial charge in [-0.25, -0.2) is 0 Å². The van der Waals surface area contributed by atoms with E-state index in [2.05, 4.69) is 0 Å². The Bertz CT molecular complexity index is 949. The highest BCUT2D eigenvalue weighted by atomic mass is 16.6. The van der Waals surface area contributed by atoms with Crippen LogP contribution in [0.25, 0.3) is 12.2 Å². The molecular weight excluding hydrogens is 328 g/mol. The summed E-state index contributed by atoms with van der Waals surface area (Å²) < 4.78 is 1.87. The number of aromatic nitrogens is 1. The highest BCUT2D eigenvalue weighted by molar-refractivity contribution is 5.95. The molecule has 0 aliphatic carbocycles. The summed E-state index contributed by atoms with van der Waals surface area (Å²) in [6.07, 6.45) is 5.61. The lowest BCUT2D eigenvalue weighted by Crippen LogP contribution is -2.40. The molecule has 0 saturated carbocycles. The maximum atomic E-state index is 12.4. The van der Waals surface area contributed by atoms with Gasteiger partial charge in [-0.05, 0) is 29.8 Å². The number of hydrogen-bond acceptors (Lipinski definition) is 3. The molecule has 0 fully saturated rings. The lowest BCUT2D eigenvalue weighted by Gasteiger charge is -2.01. The van der Waals surface area contributed by atoms with E-state index < -0.39 is 4.92 Å². The average Bonchev–Trinajstić information content (AvgIpc) is 2.68. The molecule has 0 aliphatic rings. The average molecular weight is 345 g/mol. The Kier molecular flexibility index (Phi) is 5.29. The SMILES string of the molecule is O=C(C[n+]1ccccc1/C=C/c1ccc([N+](=O)[O-])cc1)c1ccccc1. The lowest BCUT2D eigenvalue weighted by atomic mass is 10.1. The number of nitro benzene ring substituents is 1. The van der Waals surface area contributed by atoms with Crippen LogP contribution in [-0.4, -0.2) is 10.7 Å². The molecule has 1 heterocycles. The Morgan fingerprint density at radius 3 is 2.31 bits per heavy atom. The van der Waals surface area contributed by atoms with E-state index >= 15 is 0 Å². The minimum absolute atomic E-state index is 0.0341. The second-order valence-electron chi connectivity index (χ2n) is 5.72. The number of Topliss-reactive ketones (excluding diaryl/α,β-unsaturated/α-hetero) is 1. The third-order valence-electron chi connectivity index (χ3n) is 3.94. The maximum Gasteiger partial charge on any atom is 0.269 e. The largest absolute Gasteiger partial charge is 0.287 e. The second kappa shape index (κ2) is 7.98. The maximum absolute atomic E-state index is 12.4. The van der Waals surface area contributed by atoms with Crippen molar-refractivity contribution in [3.05, 3.63) is 106 Å². The molecule has 26 heavy (non-hydrogen) atoms. The second-order valence-corrected chi connectivity index (χ2v) is 5.72. The molecule has 128 valence electrons. The van der Waals surface area contributed by atoms with Gasteiger partial charge in [0.15, 0.2) is 6.20 Å². The van der Waals surface area contributed by atoms with Crippen molar-refractivity contribution in [2.45, 2.75) is 6.54 Å². The number of carbonyl (C=O) groups excluding carboxylic acids is 1. The van der Waals surface area contributed by atoms with Crippen LogP contribution < -0.4 is 4.57 Å². The van der Waals surface area contributed by atoms with Crippen molar-refractivity contribution in [2.24, 2.45) is 0 Å². The zero-order chi connectivity index (χ0) is 18.4. The van der Waals surface area contributed by atoms with E-state index in [0.717, 1.165) is 11.3 Å². The fourth-order valence-electron chi connectivity index (χ4n) is 2.54. The van der Waals surface area contributed by atoms with E-state index in [-0.39, 0.29) is 18.0 Å². The van der Waals surface area contributed by atoms with Crippen molar-refractivity contribution >= 4 is 23.6 Å². The molecule has 5 nitrogen and oxygen atoms in total. The molecule has 0 saturated heterocycles. The van der Waals surface area contributed by atoms with E-state index in [1.807, 2.05) is 59.3 Å². The molecule has 0 aliphatic heterocycles. The smallest absolute Gasteiger partial charge is 0.269 e. The minimum Gasteiger partial charge on any atom is -0.287 e. The molecule has 0 unspecified atom stereocenters. The molecule has 0 atom stereocenters. The van der Waals surface area contributed by atoms with Crippen LogP contribution >= 0.6 is 0 Å². The van der Waals surface area contributed by atoms with Crippen molar-refractivity contribution in [1.29, 1.82) is 0 Å². The lowest BCUT2D eigenvalue weighted by molar-refractivity contribution is -0.684. The predicted molar refractivity (Wildman–Crippen MR) is 99.4 cm³/mol. The molecular formula is C21H17N2O3+. The minimum atomic E-state index is -0.423. The van der Waals surface area contributed by atoms with Gasteiger partial charge >= 0.3 is 0 Å². The van der Waals surface area contributed by atoms with Gasteiger partial charge in [0.2, 0.25) is 18.0 Å². The van der Waals surface area contributed by atoms with Crippen molar-refractivity contribution in [3.63, 3.8) is 0 Å². The van der Waals surface area contributed by atoms with Crippen LogP contribution in [0, 0.1) is 10.1 Å². The van der Waals surface area contributed by atoms with Gasteiger partial charge in [0.25, 0.3) is 5.69 Å². The summed E-state index contributed by atoms with van der Waals surface area (Å²) in [5.41, 5.74) is 2.45. The Morgan fingerprint density at radius 1 is 0.923 bits per heavy atom. The summed E-state index contributed by atoms with van der Waals surface area (Å²) in [7, 11) is 0. The van der Waals surface area contributed by atoms with Crippen molar-refractivity contribution in [2.75, 3.05) is 0 Å². The van der Waals surface area contributed by atoms with Gasteiger partial charge < -0.3 is 0 Å². The van der Waals surface area contributed by atoms with Gasteiger partial charge in [-0.1, -0.05) is 30.3 Å². The highest BCUT2D eigenvalue weighted by Crippen LogP contribution is 2.13. The van der Waals surface area contributed by atoms with Crippen molar-refractivity contribution < 1.29 is 14.3 Å². The first-order valence-corrected chi connectivity index (χ1v) is 8.13. The van der Waals surface area contributed by atoms with Crippen LogP contribution in [0.2, 0.25) is 0 Å². The molecule has 2 aromatic carbocycles. The number of nitro groups is 1. The monoisotopic (exact) mass is 345 g/mol. The van der Waals surface area contributed by atoms with Crippen molar-refractivity contribution in [1.82, 2.24) is 0 Å². The van der Waals surface area contributed by atoms with Crippen LogP contribution in [0.4, 0.5) is 5.69 Å². The van der Waals surface area contributed by atoms with Gasteiger partial charge in [0.05, 0.1) is 4.92 Å². The fraction of sp³-hybridized carbons (Fsp3) is 0.0476. The third kappa shape index (κ3) is 4.27. The number of nitrogens with zero attached hydrogens (tertiary/aromatic N) is 2. The first kappa shape index (κ1) is 17.2. The van der Waals surface area contributed by atoms with Crippen LogP contribution in [0.1, 0.15) is 21.6 Å². The Morgan fingerprint density at radius 2 is 1.62 bits per heavy atom. The summed E-state index contributed by atoms with van der Waals surface area (Å²) in [5.74, 6) is 0.0341. The van der Waals surface area contributed by atoms with Gasteiger partial charge in [-0.3, -0.25) is 14.9 Å². The quantitative estimate of drug-likeness (QED) is 0.294. The molecule has 0 spiro atoms. The summed E-state index contributed by atoms with van der Waals surface area (Å²) in [4.78, 5) is 22.7. The van der Waals surface area contributed by atoms with Crippen LogP contribution in [0.15, 0.2) is 79.0 Å². The molecule has 0 bridgehead atoms. The molecule has 1 aromatic heterocycles. The Hall–Kier alpha value is -3.60. The Balaban J connectivity index is 1.78. The topological polar surface area (TPSA) is 64.1 Å². The van der Waals surface area contributed by atoms with E-state index in [1.165, 1.54) is 12.1 Å². The van der Waals surface area contributed by atoms with Gasteiger partial charge in [-0.15, -0.1) is 0 Å². The molecule has 3 rings (SSSR count). The number of non-ortho nitro benzene ring substituents is 1. The zero-order valence-corrected chi connectivity index (χ0v) is 14.0. The molecule has 0 radical (unpaired) electrons. The van der Waals surface area contributed by atoms with E-state index in [0.29, 0.717) is 5.56 Å². The first-order valence-electron chi connectivity index (χ1n) is 8.13. The zero-order valence-electron chi connectivity index (χ0n) is 14.0. The van der Waals surface area contributed by atoms with Gasteiger partial charge in [0.1, 0.15) is 0 Å². The number of rotatable bonds is 6. The van der Waals surface area contributed by atoms with Crippen LogP contribution in [0.5, 0.6) is 0 Å². The van der Waals surface area contributed by atoms with E-state index in [1.54, 1.807) is 24.3 Å². The molecule has 0 amide bonds. The summed E-state index contributed by atoms with van der Waals surface area (Å²) in [6.45, 7) is 0.241. The standard InChI is InChI=1S/C21H17N2O3/c24-21(18-6-2-1-3-7-18)16-22-15-5-4-8-19(22)12-9-17-10-13-20(14-11-17)23(25)26/h1-15H,16H2/q+1/b12-9+. The Labute approximate surface area is 151 Å². The highest BCUT2D eigenvalue weighted by Gasteiger charge is 2.14. The normalized spacial score (nSPS) is 10.8. The first-order chi connectivity index (χ1) is 12.6. The van der Waals surface area contributed by atoms with Gasteiger partial charge in [0, 0.05) is 35.9 Å². The van der Waals surface area contributed by atoms with Crippen LogP contribution in [-0.2, 0) is 6.54 Å². The summed E-state index contributed by atoms with van der Waals surface area (Å²) in [6, 6.07) is 21.2. The third-order valence-corrected chi connectivity index (χ3v) is 3.94. The number of benzene rings is 2. The molecule has 3 aromatic rings. The van der Waals surface area contributed by atoms with E-state index in [9.17, 15) is 14.9 Å². The number of hydrogen-bond donors (Lipinski definition) is 0. The van der Waals surface area contributed by atoms with E-state index in [4.69, 9.17) is 0 Å². The van der Waals surface area contributed by atoms with Crippen molar-refractivity contribution in [3.8, 4) is 0 Å². The fourth-order valence-corrected chi connectivity index (χ4v) is 2.54. The predicted octanol–water partition coefficient (Wildman–Crippen LogP) is 3.94. The number of pyridine rings is 1.